The van der Waals surface area contributed by atoms with Crippen LogP contribution in [0, 0.1) is 6.92 Å². The summed E-state index contributed by atoms with van der Waals surface area (Å²) in [5, 5.41) is 6.70. The Balaban J connectivity index is 1.93. The number of carbonyl (C=O) groups excluding carboxylic acids is 1. The highest BCUT2D eigenvalue weighted by Gasteiger charge is 2.16. The molecule has 1 N–H and O–H groups in total. The first kappa shape index (κ1) is 11.8. The van der Waals surface area contributed by atoms with Crippen molar-refractivity contribution in [3.8, 4) is 0 Å². The van der Waals surface area contributed by atoms with Crippen LogP contribution in [-0.4, -0.2) is 21.5 Å². The Morgan fingerprint density at radius 1 is 1.65 bits per heavy atom. The lowest BCUT2D eigenvalue weighted by molar-refractivity contribution is 0.0942. The number of rotatable bonds is 4. The molecule has 0 aliphatic carbocycles. The van der Waals surface area contributed by atoms with Crippen molar-refractivity contribution >= 4 is 17.4 Å². The van der Waals surface area contributed by atoms with E-state index >= 15 is 0 Å². The predicted molar refractivity (Wildman–Crippen MR) is 64.0 cm³/mol. The quantitative estimate of drug-likeness (QED) is 0.899. The van der Waals surface area contributed by atoms with Gasteiger partial charge in [-0.3, -0.25) is 4.79 Å². The minimum Gasteiger partial charge on any atom is -0.469 e. The van der Waals surface area contributed by atoms with E-state index in [0.717, 1.165) is 17.3 Å². The van der Waals surface area contributed by atoms with Gasteiger partial charge in [-0.05, 0) is 37.5 Å². The SMILES string of the molecule is Cc1nnsc1C(=O)NC(C)Cc1ccco1. The number of hydrogen-bond donors (Lipinski definition) is 1. The highest BCUT2D eigenvalue weighted by molar-refractivity contribution is 7.07. The smallest absolute Gasteiger partial charge is 0.265 e. The first-order chi connectivity index (χ1) is 8.16. The van der Waals surface area contributed by atoms with Gasteiger partial charge in [0.25, 0.3) is 5.91 Å². The van der Waals surface area contributed by atoms with Gasteiger partial charge in [-0.15, -0.1) is 5.10 Å². The number of carbonyl (C=O) groups is 1. The van der Waals surface area contributed by atoms with Crippen LogP contribution in [0.4, 0.5) is 0 Å². The van der Waals surface area contributed by atoms with Gasteiger partial charge in [0, 0.05) is 12.5 Å². The van der Waals surface area contributed by atoms with Crippen molar-refractivity contribution < 1.29 is 9.21 Å². The van der Waals surface area contributed by atoms with E-state index in [0.29, 0.717) is 17.0 Å². The molecule has 2 rings (SSSR count). The molecular weight excluding hydrogens is 238 g/mol. The standard InChI is InChI=1S/C11H13N3O2S/c1-7(6-9-4-3-5-16-9)12-11(15)10-8(2)13-14-17-10/h3-5,7H,6H2,1-2H3,(H,12,15). The van der Waals surface area contributed by atoms with E-state index in [-0.39, 0.29) is 11.9 Å². The zero-order valence-electron chi connectivity index (χ0n) is 9.64. The van der Waals surface area contributed by atoms with Crippen molar-refractivity contribution in [3.63, 3.8) is 0 Å². The normalized spacial score (nSPS) is 12.4. The third-order valence-electron chi connectivity index (χ3n) is 2.32. The van der Waals surface area contributed by atoms with Crippen molar-refractivity contribution in [3.05, 3.63) is 34.7 Å². The second kappa shape index (κ2) is 5.09. The van der Waals surface area contributed by atoms with E-state index in [1.807, 2.05) is 19.1 Å². The molecular formula is C11H13N3O2S. The average molecular weight is 251 g/mol. The van der Waals surface area contributed by atoms with Crippen LogP contribution < -0.4 is 5.32 Å². The van der Waals surface area contributed by atoms with Crippen LogP contribution in [0.5, 0.6) is 0 Å². The van der Waals surface area contributed by atoms with Gasteiger partial charge in [-0.2, -0.15) is 0 Å². The van der Waals surface area contributed by atoms with E-state index < -0.39 is 0 Å². The monoisotopic (exact) mass is 251 g/mol. The number of hydrogen-bond acceptors (Lipinski definition) is 5. The summed E-state index contributed by atoms with van der Waals surface area (Å²) in [5.74, 6) is 0.730. The Morgan fingerprint density at radius 2 is 2.47 bits per heavy atom. The molecule has 90 valence electrons. The third-order valence-corrected chi connectivity index (χ3v) is 3.15. The summed E-state index contributed by atoms with van der Waals surface area (Å²) in [6.07, 6.45) is 2.30. The molecule has 1 amide bonds. The Morgan fingerprint density at radius 3 is 3.06 bits per heavy atom. The lowest BCUT2D eigenvalue weighted by atomic mass is 10.2. The molecule has 0 spiro atoms. The Kier molecular flexibility index (Phi) is 3.53. The number of aromatic nitrogens is 2. The van der Waals surface area contributed by atoms with Gasteiger partial charge in [0.15, 0.2) is 0 Å². The fraction of sp³-hybridized carbons (Fsp3) is 0.364. The molecule has 5 nitrogen and oxygen atoms in total. The van der Waals surface area contributed by atoms with E-state index in [1.54, 1.807) is 13.2 Å². The molecule has 0 fully saturated rings. The van der Waals surface area contributed by atoms with E-state index in [2.05, 4.69) is 14.9 Å². The molecule has 2 aromatic rings. The lowest BCUT2D eigenvalue weighted by Gasteiger charge is -2.11. The maximum absolute atomic E-state index is 11.9. The van der Waals surface area contributed by atoms with Crippen molar-refractivity contribution in [2.45, 2.75) is 26.3 Å². The topological polar surface area (TPSA) is 68.0 Å². The Hall–Kier alpha value is -1.69. The van der Waals surface area contributed by atoms with Crippen LogP contribution in [0.2, 0.25) is 0 Å². The first-order valence-corrected chi connectivity index (χ1v) is 6.06. The fourth-order valence-corrected chi connectivity index (χ4v) is 2.07. The third kappa shape index (κ3) is 2.91. The summed E-state index contributed by atoms with van der Waals surface area (Å²) >= 11 is 1.11. The number of nitrogens with one attached hydrogen (secondary N) is 1. The minimum absolute atomic E-state index is 0.00940. The average Bonchev–Trinajstić information content (AvgIpc) is 2.88. The maximum atomic E-state index is 11.9. The number of nitrogens with zero attached hydrogens (tertiary/aromatic N) is 2. The first-order valence-electron chi connectivity index (χ1n) is 5.29. The van der Waals surface area contributed by atoms with E-state index in [9.17, 15) is 4.79 Å². The summed E-state index contributed by atoms with van der Waals surface area (Å²) < 4.78 is 8.96. The van der Waals surface area contributed by atoms with Crippen LogP contribution in [0.1, 0.15) is 28.0 Å². The lowest BCUT2D eigenvalue weighted by Crippen LogP contribution is -2.33. The largest absolute Gasteiger partial charge is 0.469 e. The molecule has 0 aliphatic heterocycles. The van der Waals surface area contributed by atoms with Gasteiger partial charge in [-0.25, -0.2) is 0 Å². The van der Waals surface area contributed by atoms with Gasteiger partial charge in [0.2, 0.25) is 0 Å². The molecule has 1 unspecified atom stereocenters. The molecule has 0 aromatic carbocycles. The molecule has 0 bridgehead atoms. The van der Waals surface area contributed by atoms with Crippen LogP contribution >= 0.6 is 11.5 Å². The predicted octanol–water partition coefficient (Wildman–Crippen LogP) is 1.80. The highest BCUT2D eigenvalue weighted by Crippen LogP contribution is 2.10. The molecule has 0 saturated heterocycles. The highest BCUT2D eigenvalue weighted by atomic mass is 32.1. The van der Waals surface area contributed by atoms with Crippen LogP contribution in [0.15, 0.2) is 22.8 Å². The molecule has 17 heavy (non-hydrogen) atoms. The molecule has 0 aliphatic rings. The zero-order chi connectivity index (χ0) is 12.3. The van der Waals surface area contributed by atoms with Crippen LogP contribution in [0.3, 0.4) is 0 Å². The molecule has 1 atom stereocenters. The van der Waals surface area contributed by atoms with Crippen LogP contribution in [0.25, 0.3) is 0 Å². The second-order valence-electron chi connectivity index (χ2n) is 3.85. The summed E-state index contributed by atoms with van der Waals surface area (Å²) in [5.41, 5.74) is 0.665. The minimum atomic E-state index is -0.128. The summed E-state index contributed by atoms with van der Waals surface area (Å²) in [6.45, 7) is 3.71. The van der Waals surface area contributed by atoms with Gasteiger partial charge in [0.1, 0.15) is 10.6 Å². The van der Waals surface area contributed by atoms with Gasteiger partial charge in [-0.1, -0.05) is 4.49 Å². The molecule has 0 saturated carbocycles. The number of amides is 1. The van der Waals surface area contributed by atoms with Crippen molar-refractivity contribution in [1.82, 2.24) is 14.9 Å². The van der Waals surface area contributed by atoms with Gasteiger partial charge in [0.05, 0.1) is 12.0 Å². The fourth-order valence-electron chi connectivity index (χ4n) is 1.51. The van der Waals surface area contributed by atoms with E-state index in [1.165, 1.54) is 0 Å². The Bertz CT molecular complexity index is 493. The summed E-state index contributed by atoms with van der Waals surface area (Å²) in [4.78, 5) is 12.4. The molecule has 6 heteroatoms. The maximum Gasteiger partial charge on any atom is 0.265 e. The number of aryl methyl sites for hydroxylation is 1. The molecule has 2 heterocycles. The number of furan rings is 1. The summed E-state index contributed by atoms with van der Waals surface area (Å²) in [7, 11) is 0. The van der Waals surface area contributed by atoms with E-state index in [4.69, 9.17) is 4.42 Å². The second-order valence-corrected chi connectivity index (χ2v) is 4.60. The summed E-state index contributed by atoms with van der Waals surface area (Å²) in [6, 6.07) is 3.73. The van der Waals surface area contributed by atoms with Crippen LogP contribution in [-0.2, 0) is 6.42 Å². The zero-order valence-corrected chi connectivity index (χ0v) is 10.5. The van der Waals surface area contributed by atoms with Crippen molar-refractivity contribution in [2.24, 2.45) is 0 Å². The Labute approximate surface area is 103 Å². The molecule has 2 aromatic heterocycles. The van der Waals surface area contributed by atoms with Gasteiger partial charge >= 0.3 is 0 Å². The van der Waals surface area contributed by atoms with Crippen molar-refractivity contribution in [2.75, 3.05) is 0 Å². The van der Waals surface area contributed by atoms with Gasteiger partial charge < -0.3 is 9.73 Å². The van der Waals surface area contributed by atoms with Crippen molar-refractivity contribution in [1.29, 1.82) is 0 Å². The molecule has 0 radical (unpaired) electrons.